The Labute approximate surface area is 192 Å². The van der Waals surface area contributed by atoms with Crippen molar-refractivity contribution in [1.82, 2.24) is 4.90 Å². The molecule has 2 aliphatic rings. The molecule has 2 fully saturated rings. The Hall–Kier alpha value is -2.76. The standard InChI is InChI=1S/C24H31F3N4O2/c1-23(2,3)11-21(32)31-13-18(19(14-31)22(29)33)15-6-8-30(9-7-15)17-5-4-16(12-28)20(10-17)24(25,26)27/h4-5,10,15,18-19H,6-9,11,13-14H2,1-3H3,(H2,29,33)/t18-,19+/m0/s1. The molecule has 2 amide bonds. The number of amides is 2. The zero-order valence-corrected chi connectivity index (χ0v) is 19.3. The van der Waals surface area contributed by atoms with Gasteiger partial charge >= 0.3 is 6.18 Å². The van der Waals surface area contributed by atoms with Crippen LogP contribution in [0.1, 0.15) is 51.2 Å². The van der Waals surface area contributed by atoms with Crippen LogP contribution in [0.25, 0.3) is 0 Å². The summed E-state index contributed by atoms with van der Waals surface area (Å²) in [6.45, 7) is 7.87. The lowest BCUT2D eigenvalue weighted by atomic mass is 9.78. The van der Waals surface area contributed by atoms with Crippen molar-refractivity contribution in [2.75, 3.05) is 31.1 Å². The second-order valence-electron chi connectivity index (χ2n) is 10.4. The van der Waals surface area contributed by atoms with Crippen LogP contribution < -0.4 is 10.6 Å². The molecule has 2 atom stereocenters. The van der Waals surface area contributed by atoms with Crippen LogP contribution >= 0.6 is 0 Å². The van der Waals surface area contributed by atoms with Crippen LogP contribution in [0.5, 0.6) is 0 Å². The van der Waals surface area contributed by atoms with Gasteiger partial charge in [-0.25, -0.2) is 0 Å². The summed E-state index contributed by atoms with van der Waals surface area (Å²) in [6, 6.07) is 5.40. The highest BCUT2D eigenvalue weighted by atomic mass is 19.4. The van der Waals surface area contributed by atoms with Crippen molar-refractivity contribution in [2.45, 2.75) is 46.2 Å². The second kappa shape index (κ2) is 9.24. The highest BCUT2D eigenvalue weighted by Gasteiger charge is 2.43. The van der Waals surface area contributed by atoms with E-state index < -0.39 is 29.1 Å². The van der Waals surface area contributed by atoms with Crippen molar-refractivity contribution < 1.29 is 22.8 Å². The molecular formula is C24H31F3N4O2. The Morgan fingerprint density at radius 1 is 1.15 bits per heavy atom. The van der Waals surface area contributed by atoms with Crippen LogP contribution in [0.4, 0.5) is 18.9 Å². The van der Waals surface area contributed by atoms with Crippen LogP contribution in [0.3, 0.4) is 0 Å². The number of hydrogen-bond donors (Lipinski definition) is 1. The minimum atomic E-state index is -4.60. The number of likely N-dealkylation sites (tertiary alicyclic amines) is 1. The average Bonchev–Trinajstić information content (AvgIpc) is 3.18. The number of rotatable bonds is 4. The number of halogens is 3. The number of anilines is 1. The zero-order chi connectivity index (χ0) is 24.6. The lowest BCUT2D eigenvalue weighted by Gasteiger charge is -2.37. The lowest BCUT2D eigenvalue weighted by molar-refractivity contribution is -0.137. The predicted molar refractivity (Wildman–Crippen MR) is 118 cm³/mol. The quantitative estimate of drug-likeness (QED) is 0.734. The van der Waals surface area contributed by atoms with Crippen molar-refractivity contribution in [2.24, 2.45) is 28.9 Å². The average molecular weight is 465 g/mol. The minimum Gasteiger partial charge on any atom is -0.372 e. The van der Waals surface area contributed by atoms with Gasteiger partial charge in [-0.15, -0.1) is 0 Å². The normalized spacial score (nSPS) is 22.3. The molecular weight excluding hydrogens is 433 g/mol. The van der Waals surface area contributed by atoms with Gasteiger partial charge in [0.05, 0.1) is 23.1 Å². The molecule has 2 N–H and O–H groups in total. The van der Waals surface area contributed by atoms with Gasteiger partial charge < -0.3 is 15.5 Å². The van der Waals surface area contributed by atoms with E-state index in [0.717, 1.165) is 6.07 Å². The summed E-state index contributed by atoms with van der Waals surface area (Å²) in [4.78, 5) is 28.5. The third-order valence-corrected chi connectivity index (χ3v) is 6.70. The number of hydrogen-bond acceptors (Lipinski definition) is 4. The fourth-order valence-electron chi connectivity index (χ4n) is 5.02. The van der Waals surface area contributed by atoms with Gasteiger partial charge in [0.1, 0.15) is 0 Å². The molecule has 33 heavy (non-hydrogen) atoms. The van der Waals surface area contributed by atoms with Crippen LogP contribution in [0.2, 0.25) is 0 Å². The maximum atomic E-state index is 13.3. The number of nitrogens with two attached hydrogens (primary N) is 1. The number of carbonyl (C=O) groups is 2. The van der Waals surface area contributed by atoms with Gasteiger partial charge in [0, 0.05) is 38.3 Å². The van der Waals surface area contributed by atoms with Gasteiger partial charge in [-0.2, -0.15) is 18.4 Å². The summed E-state index contributed by atoms with van der Waals surface area (Å²) in [5, 5.41) is 9.00. The Balaban J connectivity index is 1.69. The molecule has 0 radical (unpaired) electrons. The first kappa shape index (κ1) is 24.9. The molecule has 6 nitrogen and oxygen atoms in total. The second-order valence-corrected chi connectivity index (χ2v) is 10.4. The third kappa shape index (κ3) is 5.79. The predicted octanol–water partition coefficient (Wildman–Crippen LogP) is 3.79. The van der Waals surface area contributed by atoms with Crippen molar-refractivity contribution in [3.05, 3.63) is 29.3 Å². The molecule has 9 heteroatoms. The summed E-state index contributed by atoms with van der Waals surface area (Å²) >= 11 is 0. The maximum absolute atomic E-state index is 13.3. The number of nitriles is 1. The van der Waals surface area contributed by atoms with Crippen LogP contribution in [0.15, 0.2) is 18.2 Å². The molecule has 2 saturated heterocycles. The van der Waals surface area contributed by atoms with E-state index >= 15 is 0 Å². The van der Waals surface area contributed by atoms with Crippen molar-refractivity contribution >= 4 is 17.5 Å². The molecule has 0 saturated carbocycles. The number of nitrogens with zero attached hydrogens (tertiary/aromatic N) is 3. The van der Waals surface area contributed by atoms with Crippen molar-refractivity contribution in [3.8, 4) is 6.07 Å². The van der Waals surface area contributed by atoms with E-state index in [4.69, 9.17) is 11.0 Å². The molecule has 180 valence electrons. The van der Waals surface area contributed by atoms with Crippen molar-refractivity contribution in [1.29, 1.82) is 5.26 Å². The summed E-state index contributed by atoms with van der Waals surface area (Å²) in [7, 11) is 0. The minimum absolute atomic E-state index is 0.0194. The number of primary amides is 1. The van der Waals surface area contributed by atoms with Crippen LogP contribution in [-0.4, -0.2) is 42.9 Å². The van der Waals surface area contributed by atoms with Crippen LogP contribution in [-0.2, 0) is 15.8 Å². The molecule has 0 unspecified atom stereocenters. The van der Waals surface area contributed by atoms with E-state index in [-0.39, 0.29) is 23.2 Å². The highest BCUT2D eigenvalue weighted by Crippen LogP contribution is 2.39. The first-order valence-corrected chi connectivity index (χ1v) is 11.2. The highest BCUT2D eigenvalue weighted by molar-refractivity contribution is 5.81. The molecule has 3 rings (SSSR count). The van der Waals surface area contributed by atoms with Gasteiger partial charge in [-0.1, -0.05) is 20.8 Å². The Morgan fingerprint density at radius 3 is 2.30 bits per heavy atom. The summed E-state index contributed by atoms with van der Waals surface area (Å²) < 4.78 is 40.0. The maximum Gasteiger partial charge on any atom is 0.417 e. The summed E-state index contributed by atoms with van der Waals surface area (Å²) in [5.41, 5.74) is 4.62. The largest absolute Gasteiger partial charge is 0.417 e. The molecule has 0 bridgehead atoms. The van der Waals surface area contributed by atoms with E-state index in [2.05, 4.69) is 0 Å². The van der Waals surface area contributed by atoms with E-state index in [9.17, 15) is 22.8 Å². The van der Waals surface area contributed by atoms with Gasteiger partial charge in [0.25, 0.3) is 0 Å². The van der Waals surface area contributed by atoms with Crippen molar-refractivity contribution in [3.63, 3.8) is 0 Å². The Bertz CT molecular complexity index is 940. The van der Waals surface area contributed by atoms with E-state index in [1.54, 1.807) is 17.0 Å². The van der Waals surface area contributed by atoms with Gasteiger partial charge in [-0.3, -0.25) is 9.59 Å². The molecule has 2 aliphatic heterocycles. The molecule has 0 spiro atoms. The smallest absolute Gasteiger partial charge is 0.372 e. The summed E-state index contributed by atoms with van der Waals surface area (Å²) in [6.07, 6.45) is -2.82. The molecule has 1 aromatic rings. The van der Waals surface area contributed by atoms with E-state index in [0.29, 0.717) is 51.1 Å². The van der Waals surface area contributed by atoms with E-state index in [1.165, 1.54) is 6.07 Å². The SMILES string of the molecule is CC(C)(C)CC(=O)N1C[C@@H](C(N)=O)[C@H](C2CCN(c3ccc(C#N)c(C(F)(F)F)c3)CC2)C1. The first-order valence-electron chi connectivity index (χ1n) is 11.2. The lowest BCUT2D eigenvalue weighted by Crippen LogP contribution is -2.40. The Morgan fingerprint density at radius 2 is 1.79 bits per heavy atom. The van der Waals surface area contributed by atoms with Gasteiger partial charge in [-0.05, 0) is 48.3 Å². The molecule has 0 aliphatic carbocycles. The number of piperidine rings is 1. The molecule has 2 heterocycles. The fourth-order valence-corrected chi connectivity index (χ4v) is 5.02. The topological polar surface area (TPSA) is 90.4 Å². The summed E-state index contributed by atoms with van der Waals surface area (Å²) in [5.74, 6) is -0.675. The van der Waals surface area contributed by atoms with Gasteiger partial charge in [0.15, 0.2) is 0 Å². The number of alkyl halides is 3. The van der Waals surface area contributed by atoms with Crippen LogP contribution in [0, 0.1) is 34.5 Å². The first-order chi connectivity index (χ1) is 15.3. The number of carbonyl (C=O) groups excluding carboxylic acids is 2. The molecule has 1 aromatic carbocycles. The molecule has 0 aromatic heterocycles. The third-order valence-electron chi connectivity index (χ3n) is 6.70. The monoisotopic (exact) mass is 464 g/mol. The fraction of sp³-hybridized carbons (Fsp3) is 0.625. The van der Waals surface area contributed by atoms with E-state index in [1.807, 2.05) is 25.7 Å². The number of benzene rings is 1. The Kier molecular flexibility index (Phi) is 6.96. The van der Waals surface area contributed by atoms with Gasteiger partial charge in [0.2, 0.25) is 11.8 Å². The zero-order valence-electron chi connectivity index (χ0n) is 19.3.